The second-order valence-corrected chi connectivity index (χ2v) is 7.69. The molecule has 0 radical (unpaired) electrons. The minimum absolute atomic E-state index is 0. The van der Waals surface area contributed by atoms with Crippen LogP contribution in [0.3, 0.4) is 0 Å². The number of hydrogen-bond donors (Lipinski definition) is 3. The number of rotatable bonds is 8. The highest BCUT2D eigenvalue weighted by atomic mass is 127. The zero-order valence-corrected chi connectivity index (χ0v) is 20.8. The van der Waals surface area contributed by atoms with Gasteiger partial charge < -0.3 is 20.9 Å². The molecule has 3 N–H and O–H groups in total. The lowest BCUT2D eigenvalue weighted by Gasteiger charge is -2.20. The minimum Gasteiger partial charge on any atom is -0.369 e. The summed E-state index contributed by atoms with van der Waals surface area (Å²) >= 11 is 0. The molecule has 1 unspecified atom stereocenters. The summed E-state index contributed by atoms with van der Waals surface area (Å²) in [7, 11) is 0. The summed E-state index contributed by atoms with van der Waals surface area (Å²) < 4.78 is 0. The first kappa shape index (κ1) is 25.0. The largest absolute Gasteiger partial charge is 0.369 e. The van der Waals surface area contributed by atoms with Crippen LogP contribution < -0.4 is 20.9 Å². The Morgan fingerprint density at radius 3 is 2.55 bits per heavy atom. The van der Waals surface area contributed by atoms with Gasteiger partial charge in [0.15, 0.2) is 5.96 Å². The van der Waals surface area contributed by atoms with E-state index in [1.807, 2.05) is 25.1 Å². The Balaban J connectivity index is 0.00000341. The van der Waals surface area contributed by atoms with Crippen molar-refractivity contribution >= 4 is 41.5 Å². The first-order valence-electron chi connectivity index (χ1n) is 10.8. The SMILES string of the molecule is CCNC(=NCC(=O)NCCc1ccccc1)NC1CCN(c2ccc(C)cc2)C1.I. The van der Waals surface area contributed by atoms with Gasteiger partial charge in [0, 0.05) is 37.9 Å². The number of aryl methyl sites for hydroxylation is 1. The summed E-state index contributed by atoms with van der Waals surface area (Å²) in [6.07, 6.45) is 1.87. The van der Waals surface area contributed by atoms with Crippen LogP contribution in [0.2, 0.25) is 0 Å². The molecule has 1 aliphatic rings. The van der Waals surface area contributed by atoms with Crippen molar-refractivity contribution in [1.29, 1.82) is 0 Å². The van der Waals surface area contributed by atoms with Crippen LogP contribution in [-0.4, -0.2) is 50.6 Å². The summed E-state index contributed by atoms with van der Waals surface area (Å²) in [6, 6.07) is 19.1. The maximum Gasteiger partial charge on any atom is 0.241 e. The average molecular weight is 535 g/mol. The van der Waals surface area contributed by atoms with Gasteiger partial charge in [0.05, 0.1) is 0 Å². The molecule has 6 nitrogen and oxygen atoms in total. The molecule has 1 atom stereocenters. The molecule has 1 amide bonds. The van der Waals surface area contributed by atoms with Gasteiger partial charge in [-0.3, -0.25) is 4.79 Å². The molecule has 1 fully saturated rings. The standard InChI is InChI=1S/C24H33N5O.HI/c1-3-25-24(27-17-23(30)26-15-13-20-7-5-4-6-8-20)28-21-14-16-29(18-21)22-11-9-19(2)10-12-22;/h4-12,21H,3,13-18H2,1-2H3,(H,26,30)(H2,25,27,28);1H. The molecule has 2 aromatic rings. The van der Waals surface area contributed by atoms with Gasteiger partial charge in [-0.15, -0.1) is 24.0 Å². The van der Waals surface area contributed by atoms with E-state index in [2.05, 4.69) is 69.2 Å². The third kappa shape index (κ3) is 8.40. The van der Waals surface area contributed by atoms with E-state index >= 15 is 0 Å². The fraction of sp³-hybridized carbons (Fsp3) is 0.417. The van der Waals surface area contributed by atoms with Crippen molar-refractivity contribution in [2.75, 3.05) is 37.6 Å². The molecule has 0 spiro atoms. The van der Waals surface area contributed by atoms with Crippen molar-refractivity contribution in [3.8, 4) is 0 Å². The number of aliphatic imine (C=N–C) groups is 1. The summed E-state index contributed by atoms with van der Waals surface area (Å²) in [5, 5.41) is 9.68. The predicted octanol–water partition coefficient (Wildman–Crippen LogP) is 3.11. The van der Waals surface area contributed by atoms with Gasteiger partial charge in [-0.1, -0.05) is 48.0 Å². The zero-order chi connectivity index (χ0) is 21.2. The number of anilines is 1. The molecule has 31 heavy (non-hydrogen) atoms. The molecule has 3 rings (SSSR count). The van der Waals surface area contributed by atoms with E-state index in [1.165, 1.54) is 16.8 Å². The van der Waals surface area contributed by atoms with Crippen LogP contribution in [0.15, 0.2) is 59.6 Å². The van der Waals surface area contributed by atoms with E-state index in [0.29, 0.717) is 18.5 Å². The number of carbonyl (C=O) groups excluding carboxylic acids is 1. The molecule has 7 heteroatoms. The maximum absolute atomic E-state index is 12.2. The molecule has 0 aliphatic carbocycles. The predicted molar refractivity (Wildman–Crippen MR) is 139 cm³/mol. The van der Waals surface area contributed by atoms with Crippen LogP contribution in [-0.2, 0) is 11.2 Å². The molecule has 168 valence electrons. The Morgan fingerprint density at radius 2 is 1.84 bits per heavy atom. The van der Waals surface area contributed by atoms with E-state index < -0.39 is 0 Å². The number of nitrogens with one attached hydrogen (secondary N) is 3. The van der Waals surface area contributed by atoms with Crippen LogP contribution in [0.25, 0.3) is 0 Å². The number of hydrogen-bond acceptors (Lipinski definition) is 3. The molecular weight excluding hydrogens is 501 g/mol. The van der Waals surface area contributed by atoms with E-state index in [4.69, 9.17) is 0 Å². The van der Waals surface area contributed by atoms with Crippen molar-refractivity contribution in [3.05, 3.63) is 65.7 Å². The van der Waals surface area contributed by atoms with Gasteiger partial charge in [-0.2, -0.15) is 0 Å². The Kier molecular flexibility index (Phi) is 10.6. The lowest BCUT2D eigenvalue weighted by molar-refractivity contribution is -0.119. The highest BCUT2D eigenvalue weighted by Gasteiger charge is 2.23. The molecule has 1 heterocycles. The Morgan fingerprint density at radius 1 is 1.10 bits per heavy atom. The first-order valence-corrected chi connectivity index (χ1v) is 10.8. The number of halogens is 1. The van der Waals surface area contributed by atoms with Gasteiger partial charge in [-0.05, 0) is 44.4 Å². The molecule has 2 aromatic carbocycles. The molecule has 1 saturated heterocycles. The number of amides is 1. The fourth-order valence-corrected chi connectivity index (χ4v) is 3.58. The van der Waals surface area contributed by atoms with Gasteiger partial charge >= 0.3 is 0 Å². The molecule has 0 saturated carbocycles. The molecular formula is C24H34IN5O. The average Bonchev–Trinajstić information content (AvgIpc) is 3.22. The second-order valence-electron chi connectivity index (χ2n) is 7.69. The van der Waals surface area contributed by atoms with Crippen LogP contribution in [0.5, 0.6) is 0 Å². The summed E-state index contributed by atoms with van der Waals surface area (Å²) in [6.45, 7) is 7.58. The van der Waals surface area contributed by atoms with Gasteiger partial charge in [-0.25, -0.2) is 4.99 Å². The van der Waals surface area contributed by atoms with E-state index in [-0.39, 0.29) is 36.4 Å². The van der Waals surface area contributed by atoms with E-state index in [1.54, 1.807) is 0 Å². The Bertz CT molecular complexity index is 826. The first-order chi connectivity index (χ1) is 14.6. The molecule has 0 aromatic heterocycles. The van der Waals surface area contributed by atoms with Crippen LogP contribution in [0.4, 0.5) is 5.69 Å². The fourth-order valence-electron chi connectivity index (χ4n) is 3.58. The van der Waals surface area contributed by atoms with E-state index in [0.717, 1.165) is 32.5 Å². The third-order valence-corrected chi connectivity index (χ3v) is 5.23. The smallest absolute Gasteiger partial charge is 0.241 e. The van der Waals surface area contributed by atoms with Gasteiger partial charge in [0.25, 0.3) is 0 Å². The number of carbonyl (C=O) groups is 1. The second kappa shape index (κ2) is 13.2. The Hall–Kier alpha value is -2.29. The van der Waals surface area contributed by atoms with Crippen molar-refractivity contribution in [1.82, 2.24) is 16.0 Å². The highest BCUT2D eigenvalue weighted by molar-refractivity contribution is 14.0. The summed E-state index contributed by atoms with van der Waals surface area (Å²) in [5.41, 5.74) is 3.75. The van der Waals surface area contributed by atoms with Crippen molar-refractivity contribution in [2.45, 2.75) is 32.7 Å². The van der Waals surface area contributed by atoms with E-state index in [9.17, 15) is 4.79 Å². The van der Waals surface area contributed by atoms with Crippen molar-refractivity contribution in [2.24, 2.45) is 4.99 Å². The molecule has 1 aliphatic heterocycles. The zero-order valence-electron chi connectivity index (χ0n) is 18.4. The van der Waals surface area contributed by atoms with Crippen molar-refractivity contribution in [3.63, 3.8) is 0 Å². The molecule has 0 bridgehead atoms. The maximum atomic E-state index is 12.2. The minimum atomic E-state index is -0.0594. The van der Waals surface area contributed by atoms with Gasteiger partial charge in [0.2, 0.25) is 5.91 Å². The van der Waals surface area contributed by atoms with Gasteiger partial charge in [0.1, 0.15) is 6.54 Å². The summed E-state index contributed by atoms with van der Waals surface area (Å²) in [5.74, 6) is 0.641. The normalized spacial score (nSPS) is 15.9. The van der Waals surface area contributed by atoms with Crippen molar-refractivity contribution < 1.29 is 4.79 Å². The summed E-state index contributed by atoms with van der Waals surface area (Å²) in [4.78, 5) is 19.0. The lowest BCUT2D eigenvalue weighted by Crippen LogP contribution is -2.45. The topological polar surface area (TPSA) is 68.8 Å². The lowest BCUT2D eigenvalue weighted by atomic mass is 10.1. The monoisotopic (exact) mass is 535 g/mol. The Labute approximate surface area is 202 Å². The van der Waals surface area contributed by atoms with Crippen LogP contribution >= 0.6 is 24.0 Å². The van der Waals surface area contributed by atoms with Crippen LogP contribution in [0, 0.1) is 6.92 Å². The number of guanidine groups is 1. The number of benzene rings is 2. The number of nitrogens with zero attached hydrogens (tertiary/aromatic N) is 2. The third-order valence-electron chi connectivity index (χ3n) is 5.23. The highest BCUT2D eigenvalue weighted by Crippen LogP contribution is 2.20. The quantitative estimate of drug-likeness (QED) is 0.276. The van der Waals surface area contributed by atoms with Crippen LogP contribution in [0.1, 0.15) is 24.5 Å².